The van der Waals surface area contributed by atoms with Gasteiger partial charge in [0.15, 0.2) is 0 Å². The molecule has 6 heteroatoms. The monoisotopic (exact) mass is 342 g/mol. The average Bonchev–Trinajstić information content (AvgIpc) is 2.95. The van der Waals surface area contributed by atoms with Gasteiger partial charge in [-0.2, -0.15) is 0 Å². The van der Waals surface area contributed by atoms with Crippen LogP contribution in [0.2, 0.25) is 0 Å². The number of hydrogen-bond acceptors (Lipinski definition) is 5. The van der Waals surface area contributed by atoms with Crippen LogP contribution in [0.15, 0.2) is 18.2 Å². The van der Waals surface area contributed by atoms with Gasteiger partial charge in [-0.05, 0) is 18.6 Å². The Bertz CT molecular complexity index is 537. The molecule has 0 aliphatic rings. The van der Waals surface area contributed by atoms with Crippen LogP contribution in [0.4, 0.5) is 0 Å². The van der Waals surface area contributed by atoms with Crippen LogP contribution >= 0.6 is 27.3 Å². The molecule has 0 N–H and O–H groups in total. The Hall–Kier alpha value is -1.14. The van der Waals surface area contributed by atoms with Crippen LogP contribution < -0.4 is 9.47 Å². The Morgan fingerprint density at radius 1 is 1.16 bits per heavy atom. The third-order valence-corrected chi connectivity index (χ3v) is 5.14. The molecule has 19 heavy (non-hydrogen) atoms. The van der Waals surface area contributed by atoms with E-state index in [9.17, 15) is 0 Å². The minimum atomic E-state index is 0.256. The number of benzene rings is 1. The van der Waals surface area contributed by atoms with Crippen LogP contribution in [0.5, 0.6) is 11.5 Å². The van der Waals surface area contributed by atoms with Crippen molar-refractivity contribution in [3.63, 3.8) is 0 Å². The summed E-state index contributed by atoms with van der Waals surface area (Å²) >= 11 is 5.16. The highest BCUT2D eigenvalue weighted by Crippen LogP contribution is 2.35. The summed E-state index contributed by atoms with van der Waals surface area (Å²) in [7, 11) is 3.27. The smallest absolute Gasteiger partial charge is 0.148 e. The van der Waals surface area contributed by atoms with Crippen molar-refractivity contribution in [1.82, 2.24) is 10.2 Å². The molecular formula is C13H15BrN2O2S. The van der Waals surface area contributed by atoms with Crippen molar-refractivity contribution in [2.75, 3.05) is 14.2 Å². The van der Waals surface area contributed by atoms with E-state index >= 15 is 0 Å². The molecule has 0 radical (unpaired) electrons. The number of halogens is 1. The van der Waals surface area contributed by atoms with Gasteiger partial charge in [-0.25, -0.2) is 0 Å². The molecule has 0 spiro atoms. The fraction of sp³-hybridized carbons (Fsp3) is 0.385. The molecule has 102 valence electrons. The summed E-state index contributed by atoms with van der Waals surface area (Å²) in [5, 5.41) is 10.3. The van der Waals surface area contributed by atoms with Crippen LogP contribution in [0, 0.1) is 0 Å². The first-order chi connectivity index (χ1) is 9.17. The summed E-state index contributed by atoms with van der Waals surface area (Å²) in [6.07, 6.45) is 0.982. The average molecular weight is 343 g/mol. The first kappa shape index (κ1) is 14.3. The quantitative estimate of drug-likeness (QED) is 0.768. The highest BCUT2D eigenvalue weighted by Gasteiger charge is 2.14. The minimum Gasteiger partial charge on any atom is -0.497 e. The Morgan fingerprint density at radius 3 is 2.32 bits per heavy atom. The zero-order valence-electron chi connectivity index (χ0n) is 11.0. The normalized spacial score (nSPS) is 12.2. The van der Waals surface area contributed by atoms with E-state index in [4.69, 9.17) is 9.47 Å². The molecular weight excluding hydrogens is 328 g/mol. The topological polar surface area (TPSA) is 44.2 Å². The van der Waals surface area contributed by atoms with Gasteiger partial charge in [0.2, 0.25) is 0 Å². The zero-order chi connectivity index (χ0) is 13.8. The van der Waals surface area contributed by atoms with Gasteiger partial charge in [-0.3, -0.25) is 0 Å². The van der Waals surface area contributed by atoms with Gasteiger partial charge in [0.25, 0.3) is 0 Å². The number of aromatic nitrogens is 2. The number of rotatable bonds is 5. The van der Waals surface area contributed by atoms with Crippen LogP contribution in [0.3, 0.4) is 0 Å². The van der Waals surface area contributed by atoms with Crippen molar-refractivity contribution >= 4 is 27.3 Å². The maximum absolute atomic E-state index is 5.26. The van der Waals surface area contributed by atoms with Gasteiger partial charge in [0, 0.05) is 11.6 Å². The first-order valence-corrected chi connectivity index (χ1v) is 7.62. The molecule has 1 atom stereocenters. The standard InChI is InChI=1S/C13H15BrN2O2S/c1-4-11(14)13-16-15-12(19-13)8-5-9(17-2)7-10(6-8)18-3/h5-7,11H,4H2,1-3H3. The fourth-order valence-electron chi connectivity index (χ4n) is 1.58. The molecule has 1 heterocycles. The highest BCUT2D eigenvalue weighted by atomic mass is 79.9. The van der Waals surface area contributed by atoms with E-state index in [0.717, 1.165) is 33.5 Å². The van der Waals surface area contributed by atoms with Crippen LogP contribution in [-0.2, 0) is 0 Å². The lowest BCUT2D eigenvalue weighted by molar-refractivity contribution is 0.394. The first-order valence-electron chi connectivity index (χ1n) is 5.88. The maximum Gasteiger partial charge on any atom is 0.148 e. The lowest BCUT2D eigenvalue weighted by Gasteiger charge is -2.06. The molecule has 2 rings (SSSR count). The summed E-state index contributed by atoms with van der Waals surface area (Å²) in [6, 6.07) is 5.70. The molecule has 0 saturated carbocycles. The molecule has 1 aromatic carbocycles. The van der Waals surface area contributed by atoms with E-state index in [1.807, 2.05) is 18.2 Å². The third-order valence-electron chi connectivity index (χ3n) is 2.67. The number of ether oxygens (including phenoxy) is 2. The second-order valence-electron chi connectivity index (χ2n) is 3.92. The van der Waals surface area contributed by atoms with Gasteiger partial charge in [-0.15, -0.1) is 10.2 Å². The Morgan fingerprint density at radius 2 is 1.79 bits per heavy atom. The minimum absolute atomic E-state index is 0.256. The van der Waals surface area contributed by atoms with Crippen molar-refractivity contribution in [2.24, 2.45) is 0 Å². The summed E-state index contributed by atoms with van der Waals surface area (Å²) < 4.78 is 10.5. The number of alkyl halides is 1. The fourth-order valence-corrected chi connectivity index (χ4v) is 2.85. The van der Waals surface area contributed by atoms with E-state index in [1.54, 1.807) is 25.6 Å². The van der Waals surface area contributed by atoms with Gasteiger partial charge in [0.1, 0.15) is 21.5 Å². The second-order valence-corrected chi connectivity index (χ2v) is 6.04. The third kappa shape index (κ3) is 3.25. The Labute approximate surface area is 124 Å². The zero-order valence-corrected chi connectivity index (χ0v) is 13.4. The van der Waals surface area contributed by atoms with E-state index in [-0.39, 0.29) is 4.83 Å². The van der Waals surface area contributed by atoms with Crippen LogP contribution in [-0.4, -0.2) is 24.4 Å². The molecule has 0 saturated heterocycles. The molecule has 0 fully saturated rings. The molecule has 0 amide bonds. The summed E-state index contributed by atoms with van der Waals surface area (Å²) in [6.45, 7) is 2.11. The largest absolute Gasteiger partial charge is 0.497 e. The maximum atomic E-state index is 5.26. The molecule has 0 aliphatic carbocycles. The predicted octanol–water partition coefficient (Wildman–Crippen LogP) is 4.07. The van der Waals surface area contributed by atoms with E-state index in [2.05, 4.69) is 33.1 Å². The van der Waals surface area contributed by atoms with E-state index in [1.165, 1.54) is 0 Å². The predicted molar refractivity (Wildman–Crippen MR) is 80.4 cm³/mol. The van der Waals surface area contributed by atoms with Gasteiger partial charge >= 0.3 is 0 Å². The van der Waals surface area contributed by atoms with Gasteiger partial charge in [0.05, 0.1) is 19.0 Å². The second kappa shape index (κ2) is 6.34. The lowest BCUT2D eigenvalue weighted by atomic mass is 10.2. The molecule has 4 nitrogen and oxygen atoms in total. The van der Waals surface area contributed by atoms with E-state index in [0.29, 0.717) is 0 Å². The van der Waals surface area contributed by atoms with Crippen molar-refractivity contribution in [1.29, 1.82) is 0 Å². The molecule has 0 aliphatic heterocycles. The molecule has 2 aromatic rings. The van der Waals surface area contributed by atoms with Crippen LogP contribution in [0.1, 0.15) is 23.2 Å². The van der Waals surface area contributed by atoms with Gasteiger partial charge in [-0.1, -0.05) is 34.2 Å². The SMILES string of the molecule is CCC(Br)c1nnc(-c2cc(OC)cc(OC)c2)s1. The lowest BCUT2D eigenvalue weighted by Crippen LogP contribution is -1.88. The van der Waals surface area contributed by atoms with E-state index < -0.39 is 0 Å². The summed E-state index contributed by atoms with van der Waals surface area (Å²) in [5.74, 6) is 1.49. The van der Waals surface area contributed by atoms with Crippen LogP contribution in [0.25, 0.3) is 10.6 Å². The number of hydrogen-bond donors (Lipinski definition) is 0. The number of methoxy groups -OCH3 is 2. The molecule has 1 unspecified atom stereocenters. The summed E-state index contributed by atoms with van der Waals surface area (Å²) in [5.41, 5.74) is 0.954. The molecule has 1 aromatic heterocycles. The van der Waals surface area contributed by atoms with Crippen molar-refractivity contribution in [3.05, 3.63) is 23.2 Å². The highest BCUT2D eigenvalue weighted by molar-refractivity contribution is 9.09. The Balaban J connectivity index is 2.37. The van der Waals surface area contributed by atoms with Crippen molar-refractivity contribution < 1.29 is 9.47 Å². The Kier molecular flexibility index (Phi) is 4.76. The summed E-state index contributed by atoms with van der Waals surface area (Å²) in [4.78, 5) is 0.256. The van der Waals surface area contributed by atoms with Gasteiger partial charge < -0.3 is 9.47 Å². The number of nitrogens with zero attached hydrogens (tertiary/aromatic N) is 2. The molecule has 0 bridgehead atoms. The van der Waals surface area contributed by atoms with Crippen molar-refractivity contribution in [3.8, 4) is 22.1 Å². The van der Waals surface area contributed by atoms with Crippen molar-refractivity contribution in [2.45, 2.75) is 18.2 Å².